The summed E-state index contributed by atoms with van der Waals surface area (Å²) in [6.07, 6.45) is -3.26. The molecule has 0 spiro atoms. The van der Waals surface area contributed by atoms with Crippen LogP contribution in [0.5, 0.6) is 5.75 Å². The minimum absolute atomic E-state index is 0. The van der Waals surface area contributed by atoms with Gasteiger partial charge in [0, 0.05) is 38.9 Å². The number of benzene rings is 1. The number of alkyl halides is 3. The smallest absolute Gasteiger partial charge is 0.406 e. The van der Waals surface area contributed by atoms with Gasteiger partial charge in [0.1, 0.15) is 5.75 Å². The average molecular weight is 475 g/mol. The van der Waals surface area contributed by atoms with Crippen LogP contribution in [-0.2, 0) is 9.47 Å². The lowest BCUT2D eigenvalue weighted by Gasteiger charge is -2.34. The molecule has 0 bridgehead atoms. The second-order valence-electron chi connectivity index (χ2n) is 5.40. The molecule has 0 atom stereocenters. The Kier molecular flexibility index (Phi) is 8.22. The molecule has 1 aromatic rings. The van der Waals surface area contributed by atoms with Gasteiger partial charge in [0.25, 0.3) is 0 Å². The summed E-state index contributed by atoms with van der Waals surface area (Å²) in [4.78, 5) is 4.26. The minimum Gasteiger partial charge on any atom is -0.406 e. The molecule has 6 nitrogen and oxygen atoms in total. The van der Waals surface area contributed by atoms with Crippen molar-refractivity contribution in [1.29, 1.82) is 0 Å². The molecule has 1 heterocycles. The van der Waals surface area contributed by atoms with Crippen molar-refractivity contribution in [3.8, 4) is 5.75 Å². The summed E-state index contributed by atoms with van der Waals surface area (Å²) in [7, 11) is 1.63. The van der Waals surface area contributed by atoms with Crippen LogP contribution in [0.2, 0.25) is 0 Å². The number of guanidine groups is 1. The van der Waals surface area contributed by atoms with Gasteiger partial charge in [0.2, 0.25) is 0 Å². The predicted octanol–water partition coefficient (Wildman–Crippen LogP) is 3.13. The van der Waals surface area contributed by atoms with Crippen LogP contribution in [0.3, 0.4) is 0 Å². The fourth-order valence-corrected chi connectivity index (χ4v) is 2.33. The van der Waals surface area contributed by atoms with E-state index in [4.69, 9.17) is 15.2 Å². The monoisotopic (exact) mass is 475 g/mol. The van der Waals surface area contributed by atoms with Crippen molar-refractivity contribution in [1.82, 2.24) is 0 Å². The molecule has 0 saturated carbocycles. The highest BCUT2D eigenvalue weighted by Gasteiger charge is 2.32. The molecule has 10 heteroatoms. The van der Waals surface area contributed by atoms with E-state index in [1.807, 2.05) is 0 Å². The molecule has 0 radical (unpaired) electrons. The number of halogens is 4. The molecule has 0 unspecified atom stereocenters. The molecule has 3 N–H and O–H groups in total. The summed E-state index contributed by atoms with van der Waals surface area (Å²) < 4.78 is 51.0. The lowest BCUT2D eigenvalue weighted by atomic mass is 9.94. The lowest BCUT2D eigenvalue weighted by Crippen LogP contribution is -2.42. The van der Waals surface area contributed by atoms with E-state index in [9.17, 15) is 13.2 Å². The first-order chi connectivity index (χ1) is 11.3. The Morgan fingerprint density at radius 2 is 1.88 bits per heavy atom. The quantitative estimate of drug-likeness (QED) is 0.389. The summed E-state index contributed by atoms with van der Waals surface area (Å²) in [6.45, 7) is 1.59. The second-order valence-corrected chi connectivity index (χ2v) is 5.40. The van der Waals surface area contributed by atoms with Crippen LogP contribution in [0.1, 0.15) is 12.8 Å². The summed E-state index contributed by atoms with van der Waals surface area (Å²) in [6, 6.07) is 5.23. The van der Waals surface area contributed by atoms with Crippen molar-refractivity contribution >= 4 is 35.6 Å². The van der Waals surface area contributed by atoms with Gasteiger partial charge in [-0.2, -0.15) is 0 Å². The van der Waals surface area contributed by atoms with Gasteiger partial charge in [-0.3, -0.25) is 4.99 Å². The number of aliphatic imine (C=N–C) groups is 1. The Bertz CT molecular complexity index is 561. The number of rotatable bonds is 5. The summed E-state index contributed by atoms with van der Waals surface area (Å²) in [5.41, 5.74) is 5.93. The number of nitrogens with one attached hydrogen (secondary N) is 1. The molecule has 1 saturated heterocycles. The standard InChI is InChI=1S/C15H20F3N3O3.HI/c1-22-14(6-8-23-9-7-14)10-20-13(19)21-11-2-4-12(5-3-11)24-15(16,17)18;/h2-5H,6-10H2,1H3,(H3,19,20,21);1H. The van der Waals surface area contributed by atoms with Gasteiger partial charge in [-0.1, -0.05) is 0 Å². The number of anilines is 1. The van der Waals surface area contributed by atoms with Crippen LogP contribution in [-0.4, -0.2) is 44.8 Å². The van der Waals surface area contributed by atoms with Crippen LogP contribution < -0.4 is 15.8 Å². The first-order valence-electron chi connectivity index (χ1n) is 7.38. The topological polar surface area (TPSA) is 78.1 Å². The van der Waals surface area contributed by atoms with E-state index in [1.165, 1.54) is 24.3 Å². The zero-order chi connectivity index (χ0) is 17.6. The maximum absolute atomic E-state index is 12.1. The van der Waals surface area contributed by atoms with Gasteiger partial charge in [0.05, 0.1) is 12.1 Å². The third kappa shape index (κ3) is 7.24. The fraction of sp³-hybridized carbons (Fsp3) is 0.533. The van der Waals surface area contributed by atoms with Gasteiger partial charge in [0.15, 0.2) is 5.96 Å². The van der Waals surface area contributed by atoms with Crippen LogP contribution >= 0.6 is 24.0 Å². The normalized spacial score (nSPS) is 17.5. The van der Waals surface area contributed by atoms with Crippen LogP contribution in [0, 0.1) is 0 Å². The number of nitrogens with two attached hydrogens (primary N) is 1. The maximum atomic E-state index is 12.1. The van der Waals surface area contributed by atoms with Gasteiger partial charge in [-0.05, 0) is 24.3 Å². The molecule has 0 aliphatic carbocycles. The SMILES string of the molecule is COC1(CN=C(N)Nc2ccc(OC(F)(F)F)cc2)CCOCC1.I. The Balaban J connectivity index is 0.00000312. The average Bonchev–Trinajstić information content (AvgIpc) is 2.54. The molecule has 2 rings (SSSR count). The molecule has 0 amide bonds. The predicted molar refractivity (Wildman–Crippen MR) is 98.4 cm³/mol. The molecule has 1 aliphatic rings. The van der Waals surface area contributed by atoms with Gasteiger partial charge < -0.3 is 25.3 Å². The molecule has 142 valence electrons. The van der Waals surface area contributed by atoms with Crippen molar-refractivity contribution < 1.29 is 27.4 Å². The first kappa shape index (κ1) is 21.8. The second kappa shape index (κ2) is 9.43. The molecule has 1 aromatic carbocycles. The van der Waals surface area contributed by atoms with E-state index >= 15 is 0 Å². The highest BCUT2D eigenvalue weighted by molar-refractivity contribution is 14.0. The van der Waals surface area contributed by atoms with Crippen molar-refractivity contribution in [2.45, 2.75) is 24.8 Å². The summed E-state index contributed by atoms with van der Waals surface area (Å²) in [5, 5.41) is 2.82. The molecule has 0 aromatic heterocycles. The largest absolute Gasteiger partial charge is 0.573 e. The van der Waals surface area contributed by atoms with Crippen LogP contribution in [0.4, 0.5) is 18.9 Å². The Labute approximate surface area is 160 Å². The minimum atomic E-state index is -4.71. The fourth-order valence-electron chi connectivity index (χ4n) is 2.33. The number of methoxy groups -OCH3 is 1. The van der Waals surface area contributed by atoms with Crippen LogP contribution in [0.25, 0.3) is 0 Å². The zero-order valence-corrected chi connectivity index (χ0v) is 16.0. The van der Waals surface area contributed by atoms with Crippen LogP contribution in [0.15, 0.2) is 29.3 Å². The van der Waals surface area contributed by atoms with E-state index in [1.54, 1.807) is 7.11 Å². The van der Waals surface area contributed by atoms with E-state index in [-0.39, 0.29) is 35.7 Å². The van der Waals surface area contributed by atoms with E-state index in [0.717, 1.165) is 12.8 Å². The molecule has 1 aliphatic heterocycles. The number of ether oxygens (including phenoxy) is 3. The van der Waals surface area contributed by atoms with E-state index in [0.29, 0.717) is 25.4 Å². The number of hydrogen-bond acceptors (Lipinski definition) is 4. The van der Waals surface area contributed by atoms with Gasteiger partial charge in [-0.15, -0.1) is 37.1 Å². The van der Waals surface area contributed by atoms with Crippen molar-refractivity contribution in [3.05, 3.63) is 24.3 Å². The van der Waals surface area contributed by atoms with E-state index in [2.05, 4.69) is 15.0 Å². The van der Waals surface area contributed by atoms with Gasteiger partial charge in [-0.25, -0.2) is 0 Å². The highest BCUT2D eigenvalue weighted by atomic mass is 127. The molecular formula is C15H21F3IN3O3. The maximum Gasteiger partial charge on any atom is 0.573 e. The Hall–Kier alpha value is -1.27. The number of nitrogens with zero attached hydrogens (tertiary/aromatic N) is 1. The molecule has 25 heavy (non-hydrogen) atoms. The van der Waals surface area contributed by atoms with Crippen molar-refractivity contribution in [3.63, 3.8) is 0 Å². The highest BCUT2D eigenvalue weighted by Crippen LogP contribution is 2.25. The van der Waals surface area contributed by atoms with Crippen molar-refractivity contribution in [2.75, 3.05) is 32.2 Å². The Morgan fingerprint density at radius 3 is 2.40 bits per heavy atom. The summed E-state index contributed by atoms with van der Waals surface area (Å²) >= 11 is 0. The Morgan fingerprint density at radius 1 is 1.28 bits per heavy atom. The molecule has 1 fully saturated rings. The van der Waals surface area contributed by atoms with E-state index < -0.39 is 12.0 Å². The first-order valence-corrected chi connectivity index (χ1v) is 7.38. The zero-order valence-electron chi connectivity index (χ0n) is 13.6. The number of hydrogen-bond donors (Lipinski definition) is 2. The van der Waals surface area contributed by atoms with Crippen molar-refractivity contribution in [2.24, 2.45) is 10.7 Å². The lowest BCUT2D eigenvalue weighted by molar-refractivity contribution is -0.274. The summed E-state index contributed by atoms with van der Waals surface area (Å²) in [5.74, 6) is -0.147. The van der Waals surface area contributed by atoms with Gasteiger partial charge >= 0.3 is 6.36 Å². The third-order valence-electron chi connectivity index (χ3n) is 3.73. The third-order valence-corrected chi connectivity index (χ3v) is 3.73. The molecular weight excluding hydrogens is 454 g/mol.